The largest absolute Gasteiger partial charge is 0.481 e. The lowest BCUT2D eigenvalue weighted by molar-refractivity contribution is -0.137. The fourth-order valence-electron chi connectivity index (χ4n) is 2.45. The Morgan fingerprint density at radius 3 is 2.38 bits per heavy atom. The van der Waals surface area contributed by atoms with Crippen molar-refractivity contribution in [3.63, 3.8) is 0 Å². The summed E-state index contributed by atoms with van der Waals surface area (Å²) >= 11 is 0. The van der Waals surface area contributed by atoms with Crippen LogP contribution in [0.3, 0.4) is 0 Å². The Hall–Kier alpha value is -1.92. The Bertz CT molecular complexity index is 495. The van der Waals surface area contributed by atoms with Crippen LogP contribution in [0.2, 0.25) is 0 Å². The molecule has 0 unspecified atom stereocenters. The Kier molecular flexibility index (Phi) is 5.30. The van der Waals surface area contributed by atoms with E-state index in [2.05, 4.69) is 5.32 Å². The normalized spacial score (nSPS) is 15.7. The van der Waals surface area contributed by atoms with Crippen LogP contribution in [0.25, 0.3) is 0 Å². The fraction of sp³-hybridized carbons (Fsp3) is 0.467. The van der Waals surface area contributed by atoms with Crippen molar-refractivity contribution >= 4 is 17.6 Å². The van der Waals surface area contributed by atoms with E-state index in [-0.39, 0.29) is 12.3 Å². The van der Waals surface area contributed by atoms with Crippen LogP contribution in [0.1, 0.15) is 18.9 Å². The molecule has 6 nitrogen and oxygen atoms in total. The maximum Gasteiger partial charge on any atom is 0.303 e. The molecule has 1 aromatic rings. The highest BCUT2D eigenvalue weighted by atomic mass is 16.4. The SMILES string of the molecule is CC(=O)N(c1ccc(CCC(=O)O)cc1)N1CCNCC1. The van der Waals surface area contributed by atoms with Gasteiger partial charge in [0, 0.05) is 39.5 Å². The van der Waals surface area contributed by atoms with Gasteiger partial charge in [-0.3, -0.25) is 9.59 Å². The van der Waals surface area contributed by atoms with Gasteiger partial charge in [-0.15, -0.1) is 0 Å². The van der Waals surface area contributed by atoms with E-state index in [4.69, 9.17) is 5.11 Å². The number of aryl methyl sites for hydroxylation is 1. The van der Waals surface area contributed by atoms with Gasteiger partial charge in [-0.25, -0.2) is 10.0 Å². The molecule has 1 aromatic carbocycles. The molecule has 0 bridgehead atoms. The number of piperazine rings is 1. The highest BCUT2D eigenvalue weighted by Gasteiger charge is 2.21. The summed E-state index contributed by atoms with van der Waals surface area (Å²) in [5.41, 5.74) is 1.79. The van der Waals surface area contributed by atoms with Crippen molar-refractivity contribution < 1.29 is 14.7 Å². The summed E-state index contributed by atoms with van der Waals surface area (Å²) in [7, 11) is 0. The number of hydrogen-bond donors (Lipinski definition) is 2. The van der Waals surface area contributed by atoms with Gasteiger partial charge < -0.3 is 10.4 Å². The van der Waals surface area contributed by atoms with Gasteiger partial charge in [0.1, 0.15) is 0 Å². The summed E-state index contributed by atoms with van der Waals surface area (Å²) in [4.78, 5) is 22.5. The summed E-state index contributed by atoms with van der Waals surface area (Å²) in [6, 6.07) is 7.52. The molecule has 1 heterocycles. The maximum absolute atomic E-state index is 11.9. The minimum Gasteiger partial charge on any atom is -0.481 e. The number of carboxylic acid groups (broad SMARTS) is 1. The molecule has 0 saturated carbocycles. The monoisotopic (exact) mass is 291 g/mol. The second-order valence-corrected chi connectivity index (χ2v) is 5.09. The lowest BCUT2D eigenvalue weighted by Gasteiger charge is -2.37. The topological polar surface area (TPSA) is 72.9 Å². The Morgan fingerprint density at radius 1 is 1.24 bits per heavy atom. The number of rotatable bonds is 5. The third kappa shape index (κ3) is 4.27. The smallest absolute Gasteiger partial charge is 0.303 e. The van der Waals surface area contributed by atoms with Gasteiger partial charge in [-0.05, 0) is 24.1 Å². The minimum absolute atomic E-state index is 0.0183. The van der Waals surface area contributed by atoms with Crippen LogP contribution in [-0.4, -0.2) is 48.2 Å². The number of hydrogen-bond acceptors (Lipinski definition) is 4. The van der Waals surface area contributed by atoms with Gasteiger partial charge in [0.05, 0.1) is 5.69 Å². The van der Waals surface area contributed by atoms with Gasteiger partial charge in [0.25, 0.3) is 0 Å². The zero-order chi connectivity index (χ0) is 15.2. The third-order valence-electron chi connectivity index (χ3n) is 3.48. The Balaban J connectivity index is 2.09. The number of benzene rings is 1. The lowest BCUT2D eigenvalue weighted by Crippen LogP contribution is -2.54. The summed E-state index contributed by atoms with van der Waals surface area (Å²) in [6.45, 7) is 4.86. The molecule has 1 aliphatic heterocycles. The van der Waals surface area contributed by atoms with Crippen molar-refractivity contribution in [2.45, 2.75) is 19.8 Å². The molecule has 21 heavy (non-hydrogen) atoms. The van der Waals surface area contributed by atoms with Gasteiger partial charge in [0.15, 0.2) is 0 Å². The summed E-state index contributed by atoms with van der Waals surface area (Å²) in [5.74, 6) is -0.819. The highest BCUT2D eigenvalue weighted by molar-refractivity contribution is 5.90. The predicted octanol–water partition coefficient (Wildman–Crippen LogP) is 0.877. The number of carbonyl (C=O) groups excluding carboxylic acids is 1. The second-order valence-electron chi connectivity index (χ2n) is 5.09. The number of carboxylic acids is 1. The molecule has 0 spiro atoms. The van der Waals surface area contributed by atoms with Gasteiger partial charge in [0.2, 0.25) is 5.91 Å². The minimum atomic E-state index is -0.801. The van der Waals surface area contributed by atoms with Gasteiger partial charge in [-0.2, -0.15) is 0 Å². The Labute approximate surface area is 124 Å². The van der Waals surface area contributed by atoms with Crippen molar-refractivity contribution in [2.24, 2.45) is 0 Å². The first-order valence-electron chi connectivity index (χ1n) is 7.15. The van der Waals surface area contributed by atoms with Crippen LogP contribution in [0, 0.1) is 0 Å². The van der Waals surface area contributed by atoms with Crippen LogP contribution >= 0.6 is 0 Å². The molecule has 0 aliphatic carbocycles. The molecule has 1 amide bonds. The number of nitrogens with zero attached hydrogens (tertiary/aromatic N) is 2. The predicted molar refractivity (Wildman–Crippen MR) is 80.0 cm³/mol. The first kappa shape index (κ1) is 15.5. The standard InChI is InChI=1S/C15H21N3O3/c1-12(19)18(17-10-8-16-9-11-17)14-5-2-13(3-6-14)4-7-15(20)21/h2-3,5-6,16H,4,7-11H2,1H3,(H,20,21). The Morgan fingerprint density at radius 2 is 1.86 bits per heavy atom. The van der Waals surface area contributed by atoms with Crippen molar-refractivity contribution in [1.29, 1.82) is 0 Å². The zero-order valence-electron chi connectivity index (χ0n) is 12.2. The van der Waals surface area contributed by atoms with Crippen LogP contribution in [0.15, 0.2) is 24.3 Å². The molecule has 1 fully saturated rings. The molecular weight excluding hydrogens is 270 g/mol. The number of aliphatic carboxylic acids is 1. The first-order valence-corrected chi connectivity index (χ1v) is 7.15. The van der Waals surface area contributed by atoms with E-state index in [0.29, 0.717) is 6.42 Å². The molecule has 6 heteroatoms. The number of carbonyl (C=O) groups is 2. The van der Waals surface area contributed by atoms with Crippen LogP contribution in [0.5, 0.6) is 0 Å². The van der Waals surface area contributed by atoms with Crippen molar-refractivity contribution in [1.82, 2.24) is 10.3 Å². The summed E-state index contributed by atoms with van der Waals surface area (Å²) in [6.07, 6.45) is 0.622. The van der Waals surface area contributed by atoms with Crippen LogP contribution in [0.4, 0.5) is 5.69 Å². The van der Waals surface area contributed by atoms with E-state index < -0.39 is 5.97 Å². The number of nitrogens with one attached hydrogen (secondary N) is 1. The third-order valence-corrected chi connectivity index (χ3v) is 3.48. The molecule has 114 valence electrons. The van der Waals surface area contributed by atoms with Crippen LogP contribution < -0.4 is 10.3 Å². The van der Waals surface area contributed by atoms with E-state index in [1.807, 2.05) is 29.3 Å². The summed E-state index contributed by atoms with van der Waals surface area (Å²) < 4.78 is 0. The van der Waals surface area contributed by atoms with E-state index in [1.165, 1.54) is 0 Å². The van der Waals surface area contributed by atoms with E-state index in [1.54, 1.807) is 11.9 Å². The summed E-state index contributed by atoms with van der Waals surface area (Å²) in [5, 5.41) is 15.7. The average molecular weight is 291 g/mol. The van der Waals surface area contributed by atoms with Crippen molar-refractivity contribution in [2.75, 3.05) is 31.2 Å². The molecule has 0 radical (unpaired) electrons. The van der Waals surface area contributed by atoms with Gasteiger partial charge >= 0.3 is 5.97 Å². The quantitative estimate of drug-likeness (QED) is 0.842. The van der Waals surface area contributed by atoms with Crippen molar-refractivity contribution in [3.05, 3.63) is 29.8 Å². The maximum atomic E-state index is 11.9. The van der Waals surface area contributed by atoms with Gasteiger partial charge in [-0.1, -0.05) is 12.1 Å². The van der Waals surface area contributed by atoms with E-state index >= 15 is 0 Å². The number of anilines is 1. The fourth-order valence-corrected chi connectivity index (χ4v) is 2.45. The highest BCUT2D eigenvalue weighted by Crippen LogP contribution is 2.19. The lowest BCUT2D eigenvalue weighted by atomic mass is 10.1. The second kappa shape index (κ2) is 7.19. The number of hydrazine groups is 1. The van der Waals surface area contributed by atoms with E-state index in [9.17, 15) is 9.59 Å². The van der Waals surface area contributed by atoms with Crippen LogP contribution in [-0.2, 0) is 16.0 Å². The first-order chi connectivity index (χ1) is 10.1. The molecule has 1 aliphatic rings. The molecule has 1 saturated heterocycles. The average Bonchev–Trinajstić information content (AvgIpc) is 2.47. The zero-order valence-corrected chi connectivity index (χ0v) is 12.2. The van der Waals surface area contributed by atoms with Crippen molar-refractivity contribution in [3.8, 4) is 0 Å². The number of amides is 1. The molecule has 0 atom stereocenters. The molecule has 2 rings (SSSR count). The molecule has 0 aromatic heterocycles. The molecular formula is C15H21N3O3. The van der Waals surface area contributed by atoms with E-state index in [0.717, 1.165) is 37.4 Å². The molecule has 2 N–H and O–H groups in total.